The maximum absolute atomic E-state index is 12.8. The van der Waals surface area contributed by atoms with Gasteiger partial charge in [0, 0.05) is 18.7 Å². The van der Waals surface area contributed by atoms with Crippen LogP contribution in [0.2, 0.25) is 0 Å². The normalized spacial score (nSPS) is 22.7. The topological polar surface area (TPSA) is 114 Å². The van der Waals surface area contributed by atoms with E-state index in [1.165, 1.54) is 14.0 Å². The number of piperidine rings is 1. The van der Waals surface area contributed by atoms with Crippen LogP contribution >= 0.6 is 0 Å². The molecule has 2 atom stereocenters. The fraction of sp³-hybridized carbons (Fsp3) is 0.571. The lowest BCUT2D eigenvalue weighted by atomic mass is 9.92. The van der Waals surface area contributed by atoms with Crippen molar-refractivity contribution in [3.05, 3.63) is 17.6 Å². The third kappa shape index (κ3) is 3.11. The number of carboxylic acids is 1. The molecule has 9 heteroatoms. The number of furan rings is 1. The number of carbonyl (C=O) groups is 2. The van der Waals surface area contributed by atoms with E-state index in [-0.39, 0.29) is 23.0 Å². The Morgan fingerprint density at radius 1 is 1.43 bits per heavy atom. The fourth-order valence-corrected chi connectivity index (χ4v) is 4.70. The molecule has 8 nitrogen and oxygen atoms in total. The zero-order valence-electron chi connectivity index (χ0n) is 13.1. The number of rotatable bonds is 4. The number of nitrogens with zero attached hydrogens (tertiary/aromatic N) is 1. The second kappa shape index (κ2) is 6.32. The first-order valence-electron chi connectivity index (χ1n) is 7.13. The minimum absolute atomic E-state index is 0.0649. The summed E-state index contributed by atoms with van der Waals surface area (Å²) in [6.07, 6.45) is 0.890. The molecule has 1 fully saturated rings. The summed E-state index contributed by atoms with van der Waals surface area (Å²) in [5.74, 6) is -2.69. The zero-order valence-corrected chi connectivity index (χ0v) is 13.9. The van der Waals surface area contributed by atoms with Gasteiger partial charge in [0.1, 0.15) is 10.7 Å². The van der Waals surface area contributed by atoms with E-state index in [0.717, 1.165) is 10.4 Å². The zero-order chi connectivity index (χ0) is 17.4. The first kappa shape index (κ1) is 17.5. The SMILES string of the molecule is COC(=O)c1cc(S(=O)(=O)N2CCC[C@H](C(=O)O)[C@@H]2C)c(C)o1. The van der Waals surface area contributed by atoms with Crippen molar-refractivity contribution in [3.8, 4) is 0 Å². The number of aryl methyl sites for hydroxylation is 1. The largest absolute Gasteiger partial charge is 0.481 e. The van der Waals surface area contributed by atoms with E-state index < -0.39 is 33.9 Å². The van der Waals surface area contributed by atoms with Crippen molar-refractivity contribution in [1.29, 1.82) is 0 Å². The Morgan fingerprint density at radius 2 is 2.09 bits per heavy atom. The monoisotopic (exact) mass is 345 g/mol. The summed E-state index contributed by atoms with van der Waals surface area (Å²) in [5, 5.41) is 9.22. The molecule has 1 aliphatic heterocycles. The highest BCUT2D eigenvalue weighted by atomic mass is 32.2. The molecule has 0 spiro atoms. The first-order valence-corrected chi connectivity index (χ1v) is 8.57. The van der Waals surface area contributed by atoms with Crippen molar-refractivity contribution in [2.24, 2.45) is 5.92 Å². The van der Waals surface area contributed by atoms with E-state index in [2.05, 4.69) is 4.74 Å². The Balaban J connectivity index is 2.40. The van der Waals surface area contributed by atoms with E-state index in [1.54, 1.807) is 6.92 Å². The number of esters is 1. The summed E-state index contributed by atoms with van der Waals surface area (Å²) >= 11 is 0. The number of carboxylic acid groups (broad SMARTS) is 1. The molecule has 0 aliphatic carbocycles. The molecule has 2 heterocycles. The molecular weight excluding hydrogens is 326 g/mol. The molecule has 1 aliphatic rings. The Bertz CT molecular complexity index is 721. The van der Waals surface area contributed by atoms with Crippen LogP contribution in [0, 0.1) is 12.8 Å². The van der Waals surface area contributed by atoms with Gasteiger partial charge < -0.3 is 14.3 Å². The number of ether oxygens (including phenoxy) is 1. The van der Waals surface area contributed by atoms with E-state index >= 15 is 0 Å². The summed E-state index contributed by atoms with van der Waals surface area (Å²) in [4.78, 5) is 22.6. The van der Waals surface area contributed by atoms with Gasteiger partial charge in [0.25, 0.3) is 0 Å². The number of hydrogen-bond donors (Lipinski definition) is 1. The van der Waals surface area contributed by atoms with Crippen LogP contribution in [-0.4, -0.2) is 49.5 Å². The Hall–Kier alpha value is -1.87. The van der Waals surface area contributed by atoms with Crippen molar-refractivity contribution in [2.45, 2.75) is 37.6 Å². The van der Waals surface area contributed by atoms with E-state index in [9.17, 15) is 23.1 Å². The van der Waals surface area contributed by atoms with Crippen LogP contribution in [0.4, 0.5) is 0 Å². The van der Waals surface area contributed by atoms with Gasteiger partial charge in [-0.15, -0.1) is 0 Å². The van der Waals surface area contributed by atoms with Crippen LogP contribution in [0.1, 0.15) is 36.1 Å². The number of sulfonamides is 1. The highest BCUT2D eigenvalue weighted by molar-refractivity contribution is 7.89. The summed E-state index contributed by atoms with van der Waals surface area (Å²) in [7, 11) is -2.80. The van der Waals surface area contributed by atoms with Crippen molar-refractivity contribution >= 4 is 22.0 Å². The van der Waals surface area contributed by atoms with Crippen LogP contribution in [0.25, 0.3) is 0 Å². The molecular formula is C14H19NO7S. The molecule has 1 aromatic rings. The van der Waals surface area contributed by atoms with Crippen molar-refractivity contribution in [2.75, 3.05) is 13.7 Å². The first-order chi connectivity index (χ1) is 10.7. The molecule has 0 amide bonds. The summed E-state index contributed by atoms with van der Waals surface area (Å²) in [6, 6.07) is 0.440. The van der Waals surface area contributed by atoms with Gasteiger partial charge in [-0.2, -0.15) is 4.31 Å². The lowest BCUT2D eigenvalue weighted by Gasteiger charge is -2.36. The Morgan fingerprint density at radius 3 is 2.65 bits per heavy atom. The lowest BCUT2D eigenvalue weighted by molar-refractivity contribution is -0.144. The third-order valence-corrected chi connectivity index (χ3v) is 6.19. The van der Waals surface area contributed by atoms with Gasteiger partial charge in [0.2, 0.25) is 15.8 Å². The molecule has 0 saturated carbocycles. The molecule has 1 saturated heterocycles. The quantitative estimate of drug-likeness (QED) is 0.817. The van der Waals surface area contributed by atoms with Gasteiger partial charge >= 0.3 is 11.9 Å². The smallest absolute Gasteiger partial charge is 0.373 e. The van der Waals surface area contributed by atoms with Crippen LogP contribution in [0.5, 0.6) is 0 Å². The number of hydrogen-bond acceptors (Lipinski definition) is 6. The summed E-state index contributed by atoms with van der Waals surface area (Å²) in [5.41, 5.74) is 0. The molecule has 2 rings (SSSR count). The third-order valence-electron chi connectivity index (χ3n) is 4.09. The maximum Gasteiger partial charge on any atom is 0.373 e. The van der Waals surface area contributed by atoms with E-state index in [1.807, 2.05) is 0 Å². The van der Waals surface area contributed by atoms with Crippen molar-refractivity contribution < 1.29 is 32.3 Å². The molecule has 128 valence electrons. The lowest BCUT2D eigenvalue weighted by Crippen LogP contribution is -2.49. The van der Waals surface area contributed by atoms with Gasteiger partial charge in [-0.05, 0) is 26.7 Å². The van der Waals surface area contributed by atoms with Gasteiger partial charge in [-0.1, -0.05) is 0 Å². The maximum atomic E-state index is 12.8. The average molecular weight is 345 g/mol. The second-order valence-corrected chi connectivity index (χ2v) is 7.32. The van der Waals surface area contributed by atoms with Crippen molar-refractivity contribution in [3.63, 3.8) is 0 Å². The molecule has 0 unspecified atom stereocenters. The predicted molar refractivity (Wildman–Crippen MR) is 78.5 cm³/mol. The number of carbonyl (C=O) groups excluding carboxylic acids is 1. The average Bonchev–Trinajstić information content (AvgIpc) is 2.88. The summed E-state index contributed by atoms with van der Waals surface area (Å²) in [6.45, 7) is 3.24. The van der Waals surface area contributed by atoms with Crippen LogP contribution in [0.3, 0.4) is 0 Å². The Labute approximate surface area is 134 Å². The van der Waals surface area contributed by atoms with E-state index in [0.29, 0.717) is 12.8 Å². The van der Waals surface area contributed by atoms with E-state index in [4.69, 9.17) is 4.42 Å². The standard InChI is InChI=1S/C14H19NO7S/c1-8-10(13(16)17)5-4-6-15(8)23(19,20)12-7-11(14(18)21-3)22-9(12)2/h7-8,10H,4-6H2,1-3H3,(H,16,17)/t8-,10-/m0/s1. The Kier molecular flexibility index (Phi) is 4.81. The minimum Gasteiger partial charge on any atom is -0.481 e. The number of aliphatic carboxylic acids is 1. The molecule has 23 heavy (non-hydrogen) atoms. The van der Waals surface area contributed by atoms with Gasteiger partial charge in [0.05, 0.1) is 13.0 Å². The predicted octanol–water partition coefficient (Wildman–Crippen LogP) is 1.25. The second-order valence-electron chi connectivity index (χ2n) is 5.47. The molecule has 0 bridgehead atoms. The van der Waals surface area contributed by atoms with Crippen LogP contribution in [0.15, 0.2) is 15.4 Å². The highest BCUT2D eigenvalue weighted by Gasteiger charge is 2.41. The minimum atomic E-state index is -3.96. The van der Waals surface area contributed by atoms with Crippen LogP contribution in [-0.2, 0) is 19.6 Å². The van der Waals surface area contributed by atoms with Gasteiger partial charge in [-0.3, -0.25) is 4.79 Å². The highest BCUT2D eigenvalue weighted by Crippen LogP contribution is 2.31. The molecule has 0 aromatic carbocycles. The fourth-order valence-electron chi connectivity index (χ4n) is 2.83. The molecule has 0 radical (unpaired) electrons. The van der Waals surface area contributed by atoms with Crippen LogP contribution < -0.4 is 0 Å². The molecule has 1 N–H and O–H groups in total. The van der Waals surface area contributed by atoms with Gasteiger partial charge in [-0.25, -0.2) is 13.2 Å². The number of methoxy groups -OCH3 is 1. The van der Waals surface area contributed by atoms with Gasteiger partial charge in [0.15, 0.2) is 0 Å². The summed E-state index contributed by atoms with van der Waals surface area (Å²) < 4.78 is 36.5. The van der Waals surface area contributed by atoms with Crippen molar-refractivity contribution in [1.82, 2.24) is 4.31 Å². The molecule has 1 aromatic heterocycles.